The molecule has 0 aliphatic carbocycles. The van der Waals surface area contributed by atoms with Gasteiger partial charge in [-0.05, 0) is 30.2 Å². The highest BCUT2D eigenvalue weighted by Crippen LogP contribution is 2.38. The minimum atomic E-state index is -0.426. The number of methoxy groups -OCH3 is 3. The Balaban J connectivity index is 1.72. The second kappa shape index (κ2) is 9.09. The quantitative estimate of drug-likeness (QED) is 0.624. The van der Waals surface area contributed by atoms with Crippen molar-refractivity contribution in [1.82, 2.24) is 15.5 Å². The Labute approximate surface area is 168 Å². The van der Waals surface area contributed by atoms with Crippen molar-refractivity contribution in [3.05, 3.63) is 65.4 Å². The molecule has 0 unspecified atom stereocenters. The number of nitrogens with zero attached hydrogens (tertiary/aromatic N) is 2. The summed E-state index contributed by atoms with van der Waals surface area (Å²) in [6.07, 6.45) is 0.311. The molecule has 0 aliphatic rings. The van der Waals surface area contributed by atoms with Crippen LogP contribution >= 0.6 is 0 Å². The van der Waals surface area contributed by atoms with Crippen LogP contribution in [0.4, 0.5) is 0 Å². The zero-order valence-electron chi connectivity index (χ0n) is 16.8. The van der Waals surface area contributed by atoms with Crippen molar-refractivity contribution < 1.29 is 23.4 Å². The van der Waals surface area contributed by atoms with Gasteiger partial charge >= 0.3 is 11.8 Å². The highest BCUT2D eigenvalue weighted by atomic mass is 16.5. The average molecular weight is 397 g/mol. The van der Waals surface area contributed by atoms with Crippen molar-refractivity contribution in [3.8, 4) is 17.2 Å². The van der Waals surface area contributed by atoms with Crippen LogP contribution in [-0.4, -0.2) is 37.4 Å². The monoisotopic (exact) mass is 397 g/mol. The lowest BCUT2D eigenvalue weighted by molar-refractivity contribution is 0.0903. The van der Waals surface area contributed by atoms with E-state index >= 15 is 0 Å². The molecule has 1 heterocycles. The molecule has 1 atom stereocenters. The molecule has 29 heavy (non-hydrogen) atoms. The first-order valence-corrected chi connectivity index (χ1v) is 9.02. The molecule has 8 nitrogen and oxygen atoms in total. The normalized spacial score (nSPS) is 11.6. The number of hydrogen-bond donors (Lipinski definition) is 1. The third kappa shape index (κ3) is 4.66. The smallest absolute Gasteiger partial charge is 0.309 e. The summed E-state index contributed by atoms with van der Waals surface area (Å²) in [4.78, 5) is 12.4. The van der Waals surface area contributed by atoms with Gasteiger partial charge in [-0.15, -0.1) is 10.2 Å². The fourth-order valence-corrected chi connectivity index (χ4v) is 2.91. The van der Waals surface area contributed by atoms with Gasteiger partial charge in [0, 0.05) is 0 Å². The number of hydrogen-bond acceptors (Lipinski definition) is 7. The summed E-state index contributed by atoms with van der Waals surface area (Å²) in [6, 6.07) is 13.0. The van der Waals surface area contributed by atoms with Gasteiger partial charge in [0.2, 0.25) is 11.6 Å². The van der Waals surface area contributed by atoms with E-state index in [2.05, 4.69) is 15.5 Å². The zero-order chi connectivity index (χ0) is 20.8. The first-order chi connectivity index (χ1) is 14.0. The molecule has 1 amide bonds. The maximum Gasteiger partial charge on any atom is 0.309 e. The summed E-state index contributed by atoms with van der Waals surface area (Å²) < 4.78 is 21.6. The van der Waals surface area contributed by atoms with Crippen molar-refractivity contribution in [3.63, 3.8) is 0 Å². The molecule has 2 aromatic carbocycles. The fraction of sp³-hybridized carbons (Fsp3) is 0.286. The minimum Gasteiger partial charge on any atom is -0.493 e. The van der Waals surface area contributed by atoms with E-state index in [0.717, 1.165) is 11.1 Å². The molecule has 152 valence electrons. The molecular formula is C21H23N3O5. The van der Waals surface area contributed by atoms with Crippen molar-refractivity contribution in [1.29, 1.82) is 0 Å². The van der Waals surface area contributed by atoms with Gasteiger partial charge < -0.3 is 23.9 Å². The summed E-state index contributed by atoms with van der Waals surface area (Å²) in [6.45, 7) is 1.89. The highest BCUT2D eigenvalue weighted by Gasteiger charge is 2.19. The fourth-order valence-electron chi connectivity index (χ4n) is 2.91. The van der Waals surface area contributed by atoms with Crippen LogP contribution in [0.25, 0.3) is 0 Å². The van der Waals surface area contributed by atoms with E-state index in [1.54, 1.807) is 33.5 Å². The van der Waals surface area contributed by atoms with E-state index in [-0.39, 0.29) is 11.9 Å². The van der Waals surface area contributed by atoms with Crippen LogP contribution < -0.4 is 19.5 Å². The van der Waals surface area contributed by atoms with Crippen molar-refractivity contribution >= 4 is 5.91 Å². The third-order valence-corrected chi connectivity index (χ3v) is 4.39. The lowest BCUT2D eigenvalue weighted by Gasteiger charge is -2.13. The van der Waals surface area contributed by atoms with Gasteiger partial charge in [0.1, 0.15) is 0 Å². The van der Waals surface area contributed by atoms with Crippen LogP contribution in [0.3, 0.4) is 0 Å². The van der Waals surface area contributed by atoms with Gasteiger partial charge in [0.25, 0.3) is 0 Å². The first-order valence-electron chi connectivity index (χ1n) is 9.02. The lowest BCUT2D eigenvalue weighted by Crippen LogP contribution is -2.26. The standard InChI is InChI=1S/C21H23N3O5/c1-13(15-8-6-5-7-9-15)22-20(25)21-24-23-18(29-21)12-14-10-16(26-2)19(28-4)17(11-14)27-3/h5-11,13H,12H2,1-4H3,(H,22,25)/t13-/m1/s1. The Kier molecular flexibility index (Phi) is 6.33. The van der Waals surface area contributed by atoms with Crippen molar-refractivity contribution in [2.24, 2.45) is 0 Å². The average Bonchev–Trinajstić information content (AvgIpc) is 3.22. The Bertz CT molecular complexity index is 946. The first kappa shape index (κ1) is 20.2. The molecule has 0 saturated carbocycles. The predicted octanol–water partition coefficient (Wildman–Crippen LogP) is 3.18. The largest absolute Gasteiger partial charge is 0.493 e. The summed E-state index contributed by atoms with van der Waals surface area (Å²) in [5.74, 6) is 1.34. The van der Waals surface area contributed by atoms with Gasteiger partial charge in [-0.2, -0.15) is 0 Å². The minimum absolute atomic E-state index is 0.0878. The lowest BCUT2D eigenvalue weighted by atomic mass is 10.1. The molecule has 8 heteroatoms. The summed E-state index contributed by atoms with van der Waals surface area (Å²) in [5, 5.41) is 10.7. The number of ether oxygens (including phenoxy) is 3. The van der Waals surface area contributed by atoms with E-state index in [0.29, 0.717) is 29.6 Å². The Morgan fingerprint density at radius 2 is 1.69 bits per heavy atom. The molecule has 0 spiro atoms. The molecule has 1 N–H and O–H groups in total. The van der Waals surface area contributed by atoms with E-state index in [1.807, 2.05) is 37.3 Å². The number of nitrogens with one attached hydrogen (secondary N) is 1. The van der Waals surface area contributed by atoms with Gasteiger partial charge in [-0.25, -0.2) is 0 Å². The summed E-state index contributed by atoms with van der Waals surface area (Å²) in [7, 11) is 4.63. The van der Waals surface area contributed by atoms with E-state index in [4.69, 9.17) is 18.6 Å². The number of benzene rings is 2. The Morgan fingerprint density at radius 3 is 2.28 bits per heavy atom. The van der Waals surface area contributed by atoms with Crippen LogP contribution in [0, 0.1) is 0 Å². The number of carbonyl (C=O) groups is 1. The maximum atomic E-state index is 12.4. The van der Waals surface area contributed by atoms with Crippen molar-refractivity contribution in [2.75, 3.05) is 21.3 Å². The molecular weight excluding hydrogens is 374 g/mol. The molecule has 0 aliphatic heterocycles. The maximum absolute atomic E-state index is 12.4. The topological polar surface area (TPSA) is 95.7 Å². The molecule has 1 aromatic heterocycles. The number of amides is 1. The molecule has 0 bridgehead atoms. The van der Waals surface area contributed by atoms with Gasteiger partial charge in [-0.1, -0.05) is 30.3 Å². The third-order valence-electron chi connectivity index (χ3n) is 4.39. The predicted molar refractivity (Wildman–Crippen MR) is 106 cm³/mol. The summed E-state index contributed by atoms with van der Waals surface area (Å²) in [5.41, 5.74) is 1.80. The van der Waals surface area contributed by atoms with Gasteiger partial charge in [0.05, 0.1) is 33.8 Å². The number of aromatic nitrogens is 2. The molecule has 0 saturated heterocycles. The van der Waals surface area contributed by atoms with E-state index < -0.39 is 5.91 Å². The SMILES string of the molecule is COc1cc(Cc2nnc(C(=O)N[C@H](C)c3ccccc3)o2)cc(OC)c1OC. The number of rotatable bonds is 8. The molecule has 0 fully saturated rings. The second-order valence-electron chi connectivity index (χ2n) is 6.32. The Hall–Kier alpha value is -3.55. The van der Waals surface area contributed by atoms with Crippen LogP contribution in [-0.2, 0) is 6.42 Å². The van der Waals surface area contributed by atoms with Gasteiger partial charge in [-0.3, -0.25) is 4.79 Å². The zero-order valence-corrected chi connectivity index (χ0v) is 16.8. The molecule has 3 rings (SSSR count). The van der Waals surface area contributed by atoms with Crippen LogP contribution in [0.15, 0.2) is 46.9 Å². The van der Waals surface area contributed by atoms with Crippen molar-refractivity contribution in [2.45, 2.75) is 19.4 Å². The van der Waals surface area contributed by atoms with E-state index in [9.17, 15) is 4.79 Å². The molecule has 3 aromatic rings. The van der Waals surface area contributed by atoms with Crippen LogP contribution in [0.2, 0.25) is 0 Å². The second-order valence-corrected chi connectivity index (χ2v) is 6.32. The number of carbonyl (C=O) groups excluding carboxylic acids is 1. The van der Waals surface area contributed by atoms with Crippen LogP contribution in [0.5, 0.6) is 17.2 Å². The van der Waals surface area contributed by atoms with E-state index in [1.165, 1.54) is 0 Å². The molecule has 0 radical (unpaired) electrons. The van der Waals surface area contributed by atoms with Crippen LogP contribution in [0.1, 0.15) is 40.7 Å². The Morgan fingerprint density at radius 1 is 1.03 bits per heavy atom. The van der Waals surface area contributed by atoms with Gasteiger partial charge in [0.15, 0.2) is 11.5 Å². The highest BCUT2D eigenvalue weighted by molar-refractivity contribution is 5.89. The summed E-state index contributed by atoms with van der Waals surface area (Å²) >= 11 is 0.